The van der Waals surface area contributed by atoms with Gasteiger partial charge in [-0.1, -0.05) is 12.1 Å². The number of benzene rings is 2. The number of ether oxygens (including phenoxy) is 1. The smallest absolute Gasteiger partial charge is 0.272 e. The Morgan fingerprint density at radius 2 is 1.96 bits per heavy atom. The van der Waals surface area contributed by atoms with Gasteiger partial charge in [-0.05, 0) is 36.4 Å². The summed E-state index contributed by atoms with van der Waals surface area (Å²) in [6, 6.07) is 14.8. The molecule has 0 fully saturated rings. The first-order valence-electron chi connectivity index (χ1n) is 6.81. The van der Waals surface area contributed by atoms with E-state index in [9.17, 15) is 4.79 Å². The highest BCUT2D eigenvalue weighted by Crippen LogP contribution is 2.22. The van der Waals surface area contributed by atoms with E-state index in [1.807, 2.05) is 24.3 Å². The van der Waals surface area contributed by atoms with Crippen LogP contribution in [0.4, 0.5) is 5.69 Å². The van der Waals surface area contributed by atoms with Gasteiger partial charge in [0.2, 0.25) is 0 Å². The number of hydrogen-bond acceptors (Lipinski definition) is 6. The molecule has 0 aliphatic carbocycles. The van der Waals surface area contributed by atoms with Gasteiger partial charge in [0.05, 0.1) is 23.0 Å². The van der Waals surface area contributed by atoms with Gasteiger partial charge in [0, 0.05) is 0 Å². The van der Waals surface area contributed by atoms with Crippen molar-refractivity contribution in [2.24, 2.45) is 10.8 Å². The van der Waals surface area contributed by atoms with Crippen molar-refractivity contribution in [1.82, 2.24) is 4.98 Å². The van der Waals surface area contributed by atoms with Gasteiger partial charge in [-0.15, -0.1) is 11.3 Å². The molecule has 1 aromatic heterocycles. The average molecular weight is 326 g/mol. The minimum atomic E-state index is -0.634. The third-order valence-corrected chi connectivity index (χ3v) is 4.16. The number of methoxy groups -OCH3 is 1. The van der Waals surface area contributed by atoms with E-state index in [-0.39, 0.29) is 5.71 Å². The molecule has 0 aliphatic rings. The first kappa shape index (κ1) is 15.0. The maximum Gasteiger partial charge on any atom is 0.272 e. The Balaban J connectivity index is 1.89. The van der Waals surface area contributed by atoms with Crippen molar-refractivity contribution in [3.05, 3.63) is 53.5 Å². The first-order valence-corrected chi connectivity index (χ1v) is 7.62. The zero-order valence-electron chi connectivity index (χ0n) is 12.3. The summed E-state index contributed by atoms with van der Waals surface area (Å²) >= 11 is 1.37. The third kappa shape index (κ3) is 3.29. The molecule has 3 aromatic rings. The van der Waals surface area contributed by atoms with Crippen molar-refractivity contribution < 1.29 is 9.53 Å². The number of anilines is 1. The van der Waals surface area contributed by atoms with E-state index in [4.69, 9.17) is 10.5 Å². The normalized spacial score (nSPS) is 11.4. The van der Waals surface area contributed by atoms with E-state index in [0.29, 0.717) is 10.7 Å². The summed E-state index contributed by atoms with van der Waals surface area (Å²) in [7, 11) is 1.60. The van der Waals surface area contributed by atoms with Crippen LogP contribution in [0.2, 0.25) is 0 Å². The summed E-state index contributed by atoms with van der Waals surface area (Å²) in [5, 5.41) is 4.60. The number of hydrazone groups is 1. The number of carbonyl (C=O) groups is 1. The summed E-state index contributed by atoms with van der Waals surface area (Å²) in [5.74, 6) is 0.103. The van der Waals surface area contributed by atoms with Crippen LogP contribution in [-0.4, -0.2) is 23.7 Å². The van der Waals surface area contributed by atoms with Crippen molar-refractivity contribution in [1.29, 1.82) is 0 Å². The van der Waals surface area contributed by atoms with Gasteiger partial charge in [0.25, 0.3) is 5.91 Å². The van der Waals surface area contributed by atoms with Gasteiger partial charge in [-0.2, -0.15) is 5.10 Å². The van der Waals surface area contributed by atoms with Crippen molar-refractivity contribution in [2.45, 2.75) is 0 Å². The van der Waals surface area contributed by atoms with Crippen molar-refractivity contribution >= 4 is 38.9 Å². The Labute approximate surface area is 136 Å². The summed E-state index contributed by atoms with van der Waals surface area (Å²) < 4.78 is 6.06. The second-order valence-electron chi connectivity index (χ2n) is 4.65. The largest absolute Gasteiger partial charge is 0.497 e. The van der Waals surface area contributed by atoms with Gasteiger partial charge in [-0.25, -0.2) is 4.98 Å². The molecule has 0 unspecified atom stereocenters. The Bertz CT molecular complexity index is 838. The molecule has 0 aliphatic heterocycles. The predicted molar refractivity (Wildman–Crippen MR) is 92.0 cm³/mol. The molecule has 3 rings (SSSR count). The highest BCUT2D eigenvalue weighted by atomic mass is 32.1. The topological polar surface area (TPSA) is 89.6 Å². The minimum absolute atomic E-state index is 0.0991. The number of hydrogen-bond donors (Lipinski definition) is 2. The molecular weight excluding hydrogens is 312 g/mol. The molecule has 0 bridgehead atoms. The molecule has 0 radical (unpaired) electrons. The number of aromatic nitrogens is 1. The molecule has 116 valence electrons. The molecule has 3 N–H and O–H groups in total. The molecule has 6 nitrogen and oxygen atoms in total. The van der Waals surface area contributed by atoms with Gasteiger partial charge in [-0.3, -0.25) is 10.2 Å². The second kappa shape index (κ2) is 6.45. The van der Waals surface area contributed by atoms with Crippen LogP contribution < -0.4 is 15.9 Å². The first-order chi connectivity index (χ1) is 11.2. The lowest BCUT2D eigenvalue weighted by Gasteiger charge is -2.04. The number of carbonyl (C=O) groups excluding carboxylic acids is 1. The molecule has 1 heterocycles. The van der Waals surface area contributed by atoms with Crippen LogP contribution in [0.15, 0.2) is 53.6 Å². The van der Waals surface area contributed by atoms with E-state index >= 15 is 0 Å². The molecule has 2 aromatic carbocycles. The summed E-state index contributed by atoms with van der Waals surface area (Å²) in [5.41, 5.74) is 9.88. The van der Waals surface area contributed by atoms with Gasteiger partial charge >= 0.3 is 0 Å². The number of nitrogens with two attached hydrogens (primary N) is 1. The summed E-state index contributed by atoms with van der Waals surface area (Å²) in [4.78, 5) is 16.1. The van der Waals surface area contributed by atoms with Gasteiger partial charge < -0.3 is 10.5 Å². The van der Waals surface area contributed by atoms with E-state index in [1.54, 1.807) is 31.4 Å². The Hall–Kier alpha value is -2.93. The molecular formula is C16H14N4O2S. The molecule has 0 saturated heterocycles. The van der Waals surface area contributed by atoms with Gasteiger partial charge in [0.1, 0.15) is 5.75 Å². The molecule has 0 spiro atoms. The van der Waals surface area contributed by atoms with Crippen LogP contribution in [-0.2, 0) is 4.79 Å². The maximum absolute atomic E-state index is 11.7. The minimum Gasteiger partial charge on any atom is -0.497 e. The zero-order chi connectivity index (χ0) is 16.2. The Morgan fingerprint density at radius 3 is 2.61 bits per heavy atom. The molecule has 23 heavy (non-hydrogen) atoms. The number of nitrogens with one attached hydrogen (secondary N) is 1. The van der Waals surface area contributed by atoms with Crippen LogP contribution >= 0.6 is 11.3 Å². The Morgan fingerprint density at radius 1 is 1.22 bits per heavy atom. The highest BCUT2D eigenvalue weighted by molar-refractivity contribution is 7.21. The van der Waals surface area contributed by atoms with E-state index < -0.39 is 5.91 Å². The standard InChI is InChI=1S/C16H14N4O2S/c1-22-11-8-6-10(7-9-11)19-20-14(15(17)21)16-18-12-4-2-3-5-13(12)23-16/h2-9,19H,1H3,(H2,17,21). The van der Waals surface area contributed by atoms with E-state index in [2.05, 4.69) is 15.5 Å². The summed E-state index contributed by atoms with van der Waals surface area (Å²) in [6.07, 6.45) is 0. The van der Waals surface area contributed by atoms with Gasteiger partial charge in [0.15, 0.2) is 10.7 Å². The highest BCUT2D eigenvalue weighted by Gasteiger charge is 2.16. The number of thiazole rings is 1. The fourth-order valence-corrected chi connectivity index (χ4v) is 2.93. The summed E-state index contributed by atoms with van der Waals surface area (Å²) in [6.45, 7) is 0. The maximum atomic E-state index is 11.7. The number of fused-ring (bicyclic) bond motifs is 1. The lowest BCUT2D eigenvalue weighted by Crippen LogP contribution is -2.25. The van der Waals surface area contributed by atoms with Crippen molar-refractivity contribution in [2.75, 3.05) is 12.5 Å². The predicted octanol–water partition coefficient (Wildman–Crippen LogP) is 2.61. The fraction of sp³-hybridized carbons (Fsp3) is 0.0625. The van der Waals surface area contributed by atoms with Crippen LogP contribution in [0.25, 0.3) is 10.2 Å². The molecule has 7 heteroatoms. The van der Waals surface area contributed by atoms with Crippen LogP contribution in [0.5, 0.6) is 5.75 Å². The lowest BCUT2D eigenvalue weighted by molar-refractivity contribution is -0.111. The lowest BCUT2D eigenvalue weighted by atomic mass is 10.3. The number of primary amides is 1. The average Bonchev–Trinajstić information content (AvgIpc) is 2.99. The molecule has 0 saturated carbocycles. The fourth-order valence-electron chi connectivity index (χ4n) is 1.97. The SMILES string of the molecule is COc1ccc(NN=C(C(N)=O)c2nc3ccccc3s2)cc1. The van der Waals surface area contributed by atoms with Crippen molar-refractivity contribution in [3.8, 4) is 5.75 Å². The van der Waals surface area contributed by atoms with E-state index in [0.717, 1.165) is 16.0 Å². The Kier molecular flexibility index (Phi) is 4.20. The number of rotatable bonds is 5. The molecule has 1 amide bonds. The van der Waals surface area contributed by atoms with Crippen molar-refractivity contribution in [3.63, 3.8) is 0 Å². The van der Waals surface area contributed by atoms with E-state index in [1.165, 1.54) is 11.3 Å². The quantitative estimate of drug-likeness (QED) is 0.557. The zero-order valence-corrected chi connectivity index (χ0v) is 13.1. The number of amides is 1. The van der Waals surface area contributed by atoms with Crippen LogP contribution in [0, 0.1) is 0 Å². The van der Waals surface area contributed by atoms with Crippen LogP contribution in [0.1, 0.15) is 5.01 Å². The molecule has 0 atom stereocenters. The number of nitrogens with zero attached hydrogens (tertiary/aromatic N) is 2. The monoisotopic (exact) mass is 326 g/mol. The third-order valence-electron chi connectivity index (χ3n) is 3.12. The van der Waals surface area contributed by atoms with Crippen LogP contribution in [0.3, 0.4) is 0 Å². The second-order valence-corrected chi connectivity index (χ2v) is 5.68. The number of para-hydroxylation sites is 1.